The van der Waals surface area contributed by atoms with Gasteiger partial charge >= 0.3 is 0 Å². The highest BCUT2D eigenvalue weighted by Crippen LogP contribution is 2.17. The molecule has 2 aromatic rings. The number of benzene rings is 2. The van der Waals surface area contributed by atoms with Gasteiger partial charge in [-0.05, 0) is 22.3 Å². The largest absolute Gasteiger partial charge is 0.352 e. The molecule has 1 aliphatic heterocycles. The minimum Gasteiger partial charge on any atom is -0.352 e. The molecule has 1 heterocycles. The minimum atomic E-state index is -0.259. The molecule has 0 radical (unpaired) electrons. The SMILES string of the molecule is NC(CC(=O)NCc1ccc2c(c1)CNC2)c1ccccc1. The van der Waals surface area contributed by atoms with Crippen molar-refractivity contribution in [2.75, 3.05) is 0 Å². The van der Waals surface area contributed by atoms with Gasteiger partial charge in [0.05, 0.1) is 0 Å². The lowest BCUT2D eigenvalue weighted by Gasteiger charge is -2.12. The van der Waals surface area contributed by atoms with Crippen LogP contribution >= 0.6 is 0 Å². The van der Waals surface area contributed by atoms with Crippen LogP contribution in [-0.4, -0.2) is 5.91 Å². The van der Waals surface area contributed by atoms with E-state index in [0.717, 1.165) is 24.2 Å². The van der Waals surface area contributed by atoms with Crippen molar-refractivity contribution < 1.29 is 4.79 Å². The maximum atomic E-state index is 12.0. The van der Waals surface area contributed by atoms with Gasteiger partial charge in [-0.1, -0.05) is 48.5 Å². The van der Waals surface area contributed by atoms with Gasteiger partial charge in [-0.25, -0.2) is 0 Å². The molecule has 0 fully saturated rings. The third-order valence-electron chi connectivity index (χ3n) is 4.02. The standard InChI is InChI=1S/C18H21N3O/c19-17(14-4-2-1-3-5-14)9-18(22)21-10-13-6-7-15-11-20-12-16(15)8-13/h1-8,17,20H,9-12,19H2,(H,21,22). The molecule has 2 aromatic carbocycles. The van der Waals surface area contributed by atoms with Gasteiger partial charge in [0.2, 0.25) is 5.91 Å². The zero-order valence-electron chi connectivity index (χ0n) is 12.5. The molecule has 114 valence electrons. The van der Waals surface area contributed by atoms with E-state index in [9.17, 15) is 4.79 Å². The lowest BCUT2D eigenvalue weighted by molar-refractivity contribution is -0.121. The number of nitrogens with one attached hydrogen (secondary N) is 2. The molecule has 4 heteroatoms. The van der Waals surface area contributed by atoms with E-state index in [0.29, 0.717) is 13.0 Å². The summed E-state index contributed by atoms with van der Waals surface area (Å²) in [6.07, 6.45) is 0.302. The first-order valence-electron chi connectivity index (χ1n) is 7.61. The van der Waals surface area contributed by atoms with Crippen LogP contribution in [0, 0.1) is 0 Å². The molecule has 0 spiro atoms. The summed E-state index contributed by atoms with van der Waals surface area (Å²) in [5, 5.41) is 6.27. The second kappa shape index (κ2) is 6.73. The first-order chi connectivity index (χ1) is 10.7. The predicted octanol–water partition coefficient (Wildman–Crippen LogP) is 2.00. The fourth-order valence-corrected chi connectivity index (χ4v) is 2.75. The molecular formula is C18H21N3O. The molecule has 4 nitrogen and oxygen atoms in total. The average molecular weight is 295 g/mol. The van der Waals surface area contributed by atoms with E-state index in [4.69, 9.17) is 5.73 Å². The fourth-order valence-electron chi connectivity index (χ4n) is 2.75. The van der Waals surface area contributed by atoms with Crippen LogP contribution in [0.25, 0.3) is 0 Å². The summed E-state index contributed by atoms with van der Waals surface area (Å²) < 4.78 is 0. The number of amides is 1. The highest BCUT2D eigenvalue weighted by molar-refractivity contribution is 5.76. The quantitative estimate of drug-likeness (QED) is 0.790. The Morgan fingerprint density at radius 1 is 1.14 bits per heavy atom. The van der Waals surface area contributed by atoms with E-state index in [2.05, 4.69) is 28.8 Å². The van der Waals surface area contributed by atoms with Gasteiger partial charge in [0.15, 0.2) is 0 Å². The highest BCUT2D eigenvalue weighted by atomic mass is 16.1. The van der Waals surface area contributed by atoms with Crippen LogP contribution in [0.15, 0.2) is 48.5 Å². The van der Waals surface area contributed by atoms with E-state index >= 15 is 0 Å². The maximum Gasteiger partial charge on any atom is 0.222 e. The van der Waals surface area contributed by atoms with Gasteiger partial charge in [-0.3, -0.25) is 4.79 Å². The van der Waals surface area contributed by atoms with Crippen LogP contribution in [0.5, 0.6) is 0 Å². The van der Waals surface area contributed by atoms with Crippen molar-refractivity contribution in [1.29, 1.82) is 0 Å². The van der Waals surface area contributed by atoms with Crippen LogP contribution < -0.4 is 16.4 Å². The lowest BCUT2D eigenvalue weighted by Crippen LogP contribution is -2.27. The van der Waals surface area contributed by atoms with Crippen molar-refractivity contribution in [2.45, 2.75) is 32.1 Å². The van der Waals surface area contributed by atoms with Crippen molar-refractivity contribution in [3.8, 4) is 0 Å². The Morgan fingerprint density at radius 2 is 1.91 bits per heavy atom. The maximum absolute atomic E-state index is 12.0. The van der Waals surface area contributed by atoms with E-state index in [1.807, 2.05) is 30.3 Å². The van der Waals surface area contributed by atoms with Crippen LogP contribution in [0.3, 0.4) is 0 Å². The first-order valence-corrected chi connectivity index (χ1v) is 7.61. The molecule has 1 atom stereocenters. The summed E-state index contributed by atoms with van der Waals surface area (Å²) in [5.41, 5.74) is 10.9. The second-order valence-corrected chi connectivity index (χ2v) is 5.70. The first kappa shape index (κ1) is 14.8. The van der Waals surface area contributed by atoms with E-state index in [1.165, 1.54) is 11.1 Å². The summed E-state index contributed by atoms with van der Waals surface area (Å²) in [6, 6.07) is 15.8. The molecular weight excluding hydrogens is 274 g/mol. The Balaban J connectivity index is 1.52. The number of rotatable bonds is 5. The van der Waals surface area contributed by atoms with Crippen molar-refractivity contribution in [3.05, 3.63) is 70.8 Å². The number of fused-ring (bicyclic) bond motifs is 1. The van der Waals surface area contributed by atoms with Crippen molar-refractivity contribution in [2.24, 2.45) is 5.73 Å². The van der Waals surface area contributed by atoms with Gasteiger partial charge in [0, 0.05) is 32.1 Å². The second-order valence-electron chi connectivity index (χ2n) is 5.70. The lowest BCUT2D eigenvalue weighted by atomic mass is 10.0. The third kappa shape index (κ3) is 3.53. The van der Waals surface area contributed by atoms with E-state index in [1.54, 1.807) is 0 Å². The molecule has 1 unspecified atom stereocenters. The van der Waals surface area contributed by atoms with Crippen LogP contribution in [0.2, 0.25) is 0 Å². The number of hydrogen-bond acceptors (Lipinski definition) is 3. The summed E-state index contributed by atoms with van der Waals surface area (Å²) >= 11 is 0. The van der Waals surface area contributed by atoms with Gasteiger partial charge in [0.1, 0.15) is 0 Å². The zero-order chi connectivity index (χ0) is 15.4. The summed E-state index contributed by atoms with van der Waals surface area (Å²) in [7, 11) is 0. The molecule has 1 amide bonds. The van der Waals surface area contributed by atoms with E-state index < -0.39 is 0 Å². The Morgan fingerprint density at radius 3 is 2.73 bits per heavy atom. The molecule has 22 heavy (non-hydrogen) atoms. The Bertz CT molecular complexity index is 655. The molecule has 0 aromatic heterocycles. The van der Waals surface area contributed by atoms with Crippen LogP contribution in [-0.2, 0) is 24.4 Å². The van der Waals surface area contributed by atoms with Gasteiger partial charge in [-0.2, -0.15) is 0 Å². The molecule has 4 N–H and O–H groups in total. The zero-order valence-corrected chi connectivity index (χ0v) is 12.5. The number of carbonyl (C=O) groups excluding carboxylic acids is 1. The molecule has 0 saturated carbocycles. The number of carbonyl (C=O) groups is 1. The summed E-state index contributed by atoms with van der Waals surface area (Å²) in [6.45, 7) is 2.40. The fraction of sp³-hybridized carbons (Fsp3) is 0.278. The Kier molecular flexibility index (Phi) is 4.51. The predicted molar refractivity (Wildman–Crippen MR) is 86.8 cm³/mol. The van der Waals surface area contributed by atoms with Crippen LogP contribution in [0.1, 0.15) is 34.7 Å². The van der Waals surface area contributed by atoms with E-state index in [-0.39, 0.29) is 11.9 Å². The van der Waals surface area contributed by atoms with Gasteiger partial charge < -0.3 is 16.4 Å². The summed E-state index contributed by atoms with van der Waals surface area (Å²) in [4.78, 5) is 12.0. The third-order valence-corrected chi connectivity index (χ3v) is 4.02. The highest BCUT2D eigenvalue weighted by Gasteiger charge is 2.12. The molecule has 0 aliphatic carbocycles. The molecule has 1 aliphatic rings. The smallest absolute Gasteiger partial charge is 0.222 e. The Labute approximate surface area is 130 Å². The number of hydrogen-bond donors (Lipinski definition) is 3. The van der Waals surface area contributed by atoms with Crippen LogP contribution in [0.4, 0.5) is 0 Å². The molecule has 0 bridgehead atoms. The van der Waals surface area contributed by atoms with Gasteiger partial charge in [0.25, 0.3) is 0 Å². The van der Waals surface area contributed by atoms with Crippen molar-refractivity contribution in [1.82, 2.24) is 10.6 Å². The van der Waals surface area contributed by atoms with Crippen molar-refractivity contribution in [3.63, 3.8) is 0 Å². The Hall–Kier alpha value is -2.17. The van der Waals surface area contributed by atoms with Gasteiger partial charge in [-0.15, -0.1) is 0 Å². The average Bonchev–Trinajstić information content (AvgIpc) is 3.01. The molecule has 0 saturated heterocycles. The minimum absolute atomic E-state index is 0.0185. The van der Waals surface area contributed by atoms with Crippen molar-refractivity contribution >= 4 is 5.91 Å². The monoisotopic (exact) mass is 295 g/mol. The molecule has 3 rings (SSSR count). The number of nitrogens with two attached hydrogens (primary N) is 1. The normalized spacial score (nSPS) is 14.4. The topological polar surface area (TPSA) is 67.2 Å². The summed E-state index contributed by atoms with van der Waals surface area (Å²) in [5.74, 6) is -0.0185.